The SMILES string of the molecule is COc1ccc(S(=O)(=O)N(CC(=O)NCCOc2ccccc2C)c2cc(C)cc(C)c2)cc1OC. The second-order valence-corrected chi connectivity index (χ2v) is 10.2. The molecule has 0 radical (unpaired) electrons. The Morgan fingerprint density at radius 2 is 1.53 bits per heavy atom. The summed E-state index contributed by atoms with van der Waals surface area (Å²) in [6, 6.07) is 17.3. The van der Waals surface area contributed by atoms with Gasteiger partial charge in [-0.1, -0.05) is 24.3 Å². The average Bonchev–Trinajstić information content (AvgIpc) is 2.85. The molecular weight excluding hydrogens is 480 g/mol. The van der Waals surface area contributed by atoms with Gasteiger partial charge in [0.15, 0.2) is 11.5 Å². The number of rotatable bonds is 11. The molecule has 0 aliphatic heterocycles. The first-order valence-corrected chi connectivity index (χ1v) is 12.9. The molecule has 0 heterocycles. The molecule has 8 nitrogen and oxygen atoms in total. The van der Waals surface area contributed by atoms with Crippen molar-refractivity contribution in [1.29, 1.82) is 0 Å². The number of para-hydroxylation sites is 1. The van der Waals surface area contributed by atoms with Crippen LogP contribution in [0, 0.1) is 20.8 Å². The van der Waals surface area contributed by atoms with Crippen molar-refractivity contribution in [2.45, 2.75) is 25.7 Å². The van der Waals surface area contributed by atoms with Crippen molar-refractivity contribution >= 4 is 21.6 Å². The zero-order valence-electron chi connectivity index (χ0n) is 21.2. The number of hydrogen-bond donors (Lipinski definition) is 1. The fraction of sp³-hybridized carbons (Fsp3) is 0.296. The fourth-order valence-corrected chi connectivity index (χ4v) is 5.19. The molecular formula is C27H32N2O6S. The molecule has 192 valence electrons. The van der Waals surface area contributed by atoms with Gasteiger partial charge < -0.3 is 19.5 Å². The maximum atomic E-state index is 13.7. The van der Waals surface area contributed by atoms with Gasteiger partial charge in [-0.25, -0.2) is 8.42 Å². The van der Waals surface area contributed by atoms with Crippen molar-refractivity contribution < 1.29 is 27.4 Å². The first-order chi connectivity index (χ1) is 17.1. The first-order valence-electron chi connectivity index (χ1n) is 11.4. The van der Waals surface area contributed by atoms with Gasteiger partial charge in [-0.15, -0.1) is 0 Å². The van der Waals surface area contributed by atoms with Gasteiger partial charge in [0.1, 0.15) is 18.9 Å². The standard InChI is InChI=1S/C27H32N2O6S/c1-19-14-20(2)16-22(15-19)29(36(31,32)23-10-11-25(33-4)26(17-23)34-5)18-27(30)28-12-13-35-24-9-7-6-8-21(24)3/h6-11,14-17H,12-13,18H2,1-5H3,(H,28,30). The molecule has 0 unspecified atom stereocenters. The van der Waals surface area contributed by atoms with Gasteiger partial charge in [0.25, 0.3) is 10.0 Å². The number of aryl methyl sites for hydroxylation is 3. The molecule has 0 saturated heterocycles. The molecule has 0 aromatic heterocycles. The molecule has 36 heavy (non-hydrogen) atoms. The van der Waals surface area contributed by atoms with Crippen molar-refractivity contribution in [2.24, 2.45) is 0 Å². The van der Waals surface area contributed by atoms with Crippen LogP contribution in [0.4, 0.5) is 5.69 Å². The Morgan fingerprint density at radius 3 is 2.17 bits per heavy atom. The molecule has 9 heteroatoms. The predicted molar refractivity (Wildman–Crippen MR) is 140 cm³/mol. The largest absolute Gasteiger partial charge is 0.493 e. The van der Waals surface area contributed by atoms with Gasteiger partial charge in [-0.05, 0) is 67.8 Å². The van der Waals surface area contributed by atoms with E-state index < -0.39 is 22.5 Å². The number of ether oxygens (including phenoxy) is 3. The lowest BCUT2D eigenvalue weighted by Crippen LogP contribution is -2.42. The van der Waals surface area contributed by atoms with Gasteiger partial charge in [0, 0.05) is 6.07 Å². The van der Waals surface area contributed by atoms with Crippen LogP contribution in [0.3, 0.4) is 0 Å². The monoisotopic (exact) mass is 512 g/mol. The minimum atomic E-state index is -4.11. The minimum Gasteiger partial charge on any atom is -0.493 e. The van der Waals surface area contributed by atoms with Crippen molar-refractivity contribution in [2.75, 3.05) is 38.2 Å². The highest BCUT2D eigenvalue weighted by molar-refractivity contribution is 7.92. The number of anilines is 1. The maximum Gasteiger partial charge on any atom is 0.264 e. The van der Waals surface area contributed by atoms with Crippen LogP contribution in [-0.2, 0) is 14.8 Å². The normalized spacial score (nSPS) is 11.0. The van der Waals surface area contributed by atoms with Gasteiger partial charge >= 0.3 is 0 Å². The Morgan fingerprint density at radius 1 is 0.861 bits per heavy atom. The van der Waals surface area contributed by atoms with E-state index in [-0.39, 0.29) is 23.8 Å². The van der Waals surface area contributed by atoms with Gasteiger partial charge in [-0.3, -0.25) is 9.10 Å². The van der Waals surface area contributed by atoms with E-state index in [1.165, 1.54) is 32.4 Å². The molecule has 0 fully saturated rings. The smallest absolute Gasteiger partial charge is 0.264 e. The summed E-state index contributed by atoms with van der Waals surface area (Å²) in [5.74, 6) is 0.962. The van der Waals surface area contributed by atoms with E-state index >= 15 is 0 Å². The number of nitrogens with one attached hydrogen (secondary N) is 1. The second kappa shape index (κ2) is 11.8. The average molecular weight is 513 g/mol. The predicted octanol–water partition coefficient (Wildman–Crippen LogP) is 4.02. The summed E-state index contributed by atoms with van der Waals surface area (Å²) in [7, 11) is -1.21. The van der Waals surface area contributed by atoms with E-state index in [1.807, 2.05) is 51.1 Å². The minimum absolute atomic E-state index is 0.0185. The molecule has 0 saturated carbocycles. The summed E-state index contributed by atoms with van der Waals surface area (Å²) in [5.41, 5.74) is 3.15. The number of sulfonamides is 1. The maximum absolute atomic E-state index is 13.7. The summed E-state index contributed by atoms with van der Waals surface area (Å²) in [6.07, 6.45) is 0. The Balaban J connectivity index is 1.82. The third kappa shape index (κ3) is 6.48. The number of carbonyl (C=O) groups excluding carboxylic acids is 1. The van der Waals surface area contributed by atoms with E-state index in [9.17, 15) is 13.2 Å². The van der Waals surface area contributed by atoms with E-state index in [0.29, 0.717) is 11.4 Å². The zero-order valence-corrected chi connectivity index (χ0v) is 22.0. The van der Waals surface area contributed by atoms with Gasteiger partial charge in [0.2, 0.25) is 5.91 Å². The van der Waals surface area contributed by atoms with Crippen molar-refractivity contribution in [3.05, 3.63) is 77.4 Å². The van der Waals surface area contributed by atoms with E-state index in [2.05, 4.69) is 5.32 Å². The lowest BCUT2D eigenvalue weighted by Gasteiger charge is -2.25. The number of amides is 1. The number of benzene rings is 3. The highest BCUT2D eigenvalue weighted by Crippen LogP contribution is 2.32. The molecule has 1 N–H and O–H groups in total. The highest BCUT2D eigenvalue weighted by atomic mass is 32.2. The third-order valence-electron chi connectivity index (χ3n) is 5.50. The van der Waals surface area contributed by atoms with Crippen LogP contribution in [0.25, 0.3) is 0 Å². The number of carbonyl (C=O) groups is 1. The lowest BCUT2D eigenvalue weighted by molar-refractivity contribution is -0.119. The second-order valence-electron chi connectivity index (χ2n) is 8.34. The quantitative estimate of drug-likeness (QED) is 0.390. The van der Waals surface area contributed by atoms with Crippen LogP contribution in [0.1, 0.15) is 16.7 Å². The van der Waals surface area contributed by atoms with Crippen molar-refractivity contribution in [3.63, 3.8) is 0 Å². The Labute approximate surface area is 212 Å². The number of hydrogen-bond acceptors (Lipinski definition) is 6. The summed E-state index contributed by atoms with van der Waals surface area (Å²) < 4.78 is 44.8. The first kappa shape index (κ1) is 26.9. The van der Waals surface area contributed by atoms with Crippen molar-refractivity contribution in [3.8, 4) is 17.2 Å². The summed E-state index contributed by atoms with van der Waals surface area (Å²) in [4.78, 5) is 12.8. The van der Waals surface area contributed by atoms with E-state index in [0.717, 1.165) is 26.7 Å². The van der Waals surface area contributed by atoms with Crippen LogP contribution in [0.2, 0.25) is 0 Å². The van der Waals surface area contributed by atoms with Gasteiger partial charge in [-0.2, -0.15) is 0 Å². The third-order valence-corrected chi connectivity index (χ3v) is 7.27. The van der Waals surface area contributed by atoms with Crippen molar-refractivity contribution in [1.82, 2.24) is 5.32 Å². The summed E-state index contributed by atoms with van der Waals surface area (Å²) >= 11 is 0. The zero-order chi connectivity index (χ0) is 26.3. The lowest BCUT2D eigenvalue weighted by atomic mass is 10.1. The van der Waals surface area contributed by atoms with Crippen LogP contribution < -0.4 is 23.8 Å². The fourth-order valence-electron chi connectivity index (χ4n) is 3.77. The van der Waals surface area contributed by atoms with Gasteiger partial charge in [0.05, 0.1) is 31.3 Å². The molecule has 3 aromatic carbocycles. The molecule has 0 atom stereocenters. The summed E-state index contributed by atoms with van der Waals surface area (Å²) in [6.45, 7) is 5.77. The molecule has 0 aliphatic carbocycles. The molecule has 0 bridgehead atoms. The molecule has 1 amide bonds. The summed E-state index contributed by atoms with van der Waals surface area (Å²) in [5, 5.41) is 2.75. The molecule has 3 aromatic rings. The topological polar surface area (TPSA) is 94.2 Å². The molecule has 0 aliphatic rings. The number of nitrogens with zero attached hydrogens (tertiary/aromatic N) is 1. The van der Waals surface area contributed by atoms with E-state index in [4.69, 9.17) is 14.2 Å². The number of methoxy groups -OCH3 is 2. The van der Waals surface area contributed by atoms with Crippen LogP contribution in [0.15, 0.2) is 65.6 Å². The Kier molecular flexibility index (Phi) is 8.82. The van der Waals surface area contributed by atoms with E-state index in [1.54, 1.807) is 12.1 Å². The van der Waals surface area contributed by atoms with Crippen LogP contribution in [-0.4, -0.2) is 48.2 Å². The Hall–Kier alpha value is -3.72. The molecule has 0 spiro atoms. The highest BCUT2D eigenvalue weighted by Gasteiger charge is 2.28. The Bertz CT molecular complexity index is 1300. The van der Waals surface area contributed by atoms with Crippen LogP contribution >= 0.6 is 0 Å². The van der Waals surface area contributed by atoms with Crippen LogP contribution in [0.5, 0.6) is 17.2 Å². The molecule has 3 rings (SSSR count).